The van der Waals surface area contributed by atoms with Crippen LogP contribution in [0, 0.1) is 5.82 Å². The van der Waals surface area contributed by atoms with Gasteiger partial charge in [0.25, 0.3) is 0 Å². The van der Waals surface area contributed by atoms with Gasteiger partial charge in [-0.2, -0.15) is 0 Å². The summed E-state index contributed by atoms with van der Waals surface area (Å²) in [5, 5.41) is 10.1. The van der Waals surface area contributed by atoms with Crippen LogP contribution in [0.15, 0.2) is 36.4 Å². The molecule has 2 aromatic carbocycles. The van der Waals surface area contributed by atoms with Gasteiger partial charge >= 0.3 is 0 Å². The molecule has 3 rings (SSSR count). The van der Waals surface area contributed by atoms with Crippen LogP contribution in [0.1, 0.15) is 17.2 Å². The van der Waals surface area contributed by atoms with Crippen molar-refractivity contribution in [2.75, 3.05) is 18.6 Å². The van der Waals surface area contributed by atoms with Gasteiger partial charge < -0.3 is 20.5 Å². The van der Waals surface area contributed by atoms with Crippen molar-refractivity contribution in [2.45, 2.75) is 12.6 Å². The van der Waals surface area contributed by atoms with E-state index in [2.05, 4.69) is 0 Å². The topological polar surface area (TPSA) is 58.7 Å². The first kappa shape index (κ1) is 13.7. The summed E-state index contributed by atoms with van der Waals surface area (Å²) in [7, 11) is 1.56. The van der Waals surface area contributed by atoms with Crippen molar-refractivity contribution in [2.24, 2.45) is 5.73 Å². The second-order valence-electron chi connectivity index (χ2n) is 5.01. The van der Waals surface area contributed by atoms with Crippen molar-refractivity contribution in [3.05, 3.63) is 53.3 Å². The van der Waals surface area contributed by atoms with Crippen LogP contribution in [0.2, 0.25) is 0 Å². The third-order valence-electron chi connectivity index (χ3n) is 3.93. The number of halogens is 1. The molecule has 0 aromatic heterocycles. The highest BCUT2D eigenvalue weighted by atomic mass is 19.1. The molecule has 0 bridgehead atoms. The zero-order chi connectivity index (χ0) is 15.0. The van der Waals surface area contributed by atoms with Crippen LogP contribution in [0.25, 0.3) is 0 Å². The van der Waals surface area contributed by atoms with Crippen LogP contribution in [-0.4, -0.2) is 18.8 Å². The van der Waals surface area contributed by atoms with Gasteiger partial charge in [-0.15, -0.1) is 0 Å². The summed E-state index contributed by atoms with van der Waals surface area (Å²) in [4.78, 5) is 1.91. The number of phenols is 1. The maximum absolute atomic E-state index is 14.2. The first-order valence-electron chi connectivity index (χ1n) is 6.77. The molecule has 1 aliphatic heterocycles. The molecule has 1 aliphatic rings. The van der Waals surface area contributed by atoms with E-state index in [0.29, 0.717) is 23.5 Å². The van der Waals surface area contributed by atoms with Crippen molar-refractivity contribution in [3.8, 4) is 11.5 Å². The van der Waals surface area contributed by atoms with Crippen molar-refractivity contribution < 1.29 is 14.2 Å². The Labute approximate surface area is 122 Å². The highest BCUT2D eigenvalue weighted by Crippen LogP contribution is 2.44. The predicted molar refractivity (Wildman–Crippen MR) is 79.0 cm³/mol. The highest BCUT2D eigenvalue weighted by Gasteiger charge is 2.35. The van der Waals surface area contributed by atoms with Crippen molar-refractivity contribution in [1.82, 2.24) is 0 Å². The Bertz CT molecular complexity index is 675. The summed E-state index contributed by atoms with van der Waals surface area (Å²) < 4.78 is 19.6. The van der Waals surface area contributed by atoms with E-state index < -0.39 is 0 Å². The molecule has 5 heteroatoms. The van der Waals surface area contributed by atoms with Crippen LogP contribution >= 0.6 is 0 Å². The number of nitrogens with zero attached hydrogens (tertiary/aromatic N) is 1. The maximum atomic E-state index is 14.2. The van der Waals surface area contributed by atoms with Gasteiger partial charge in [-0.3, -0.25) is 0 Å². The van der Waals surface area contributed by atoms with Gasteiger partial charge in [0, 0.05) is 24.2 Å². The number of hydrogen-bond acceptors (Lipinski definition) is 4. The normalized spacial score (nSPS) is 16.9. The van der Waals surface area contributed by atoms with Gasteiger partial charge in [0.05, 0.1) is 18.8 Å². The van der Waals surface area contributed by atoms with E-state index in [1.807, 2.05) is 11.0 Å². The van der Waals surface area contributed by atoms with E-state index in [4.69, 9.17) is 10.5 Å². The number of fused-ring (bicyclic) bond motifs is 1. The minimum Gasteiger partial charge on any atom is -0.506 e. The van der Waals surface area contributed by atoms with Gasteiger partial charge in [0.1, 0.15) is 17.3 Å². The molecule has 0 fully saturated rings. The van der Waals surface area contributed by atoms with E-state index in [1.54, 1.807) is 31.4 Å². The van der Waals surface area contributed by atoms with Crippen LogP contribution < -0.4 is 15.4 Å². The van der Waals surface area contributed by atoms with E-state index in [1.165, 1.54) is 6.07 Å². The average Bonchev–Trinajstić information content (AvgIpc) is 2.88. The summed E-state index contributed by atoms with van der Waals surface area (Å²) in [5.74, 6) is 0.505. The molecule has 1 unspecified atom stereocenters. The van der Waals surface area contributed by atoms with Crippen LogP contribution in [0.4, 0.5) is 10.1 Å². The molecule has 2 aromatic rings. The quantitative estimate of drug-likeness (QED) is 0.911. The number of hydrogen-bond donors (Lipinski definition) is 2. The molecule has 0 saturated heterocycles. The van der Waals surface area contributed by atoms with Crippen molar-refractivity contribution in [3.63, 3.8) is 0 Å². The molecule has 0 spiro atoms. The molecule has 0 saturated carbocycles. The lowest BCUT2D eigenvalue weighted by Crippen LogP contribution is -2.28. The fourth-order valence-electron chi connectivity index (χ4n) is 2.97. The Kier molecular flexibility index (Phi) is 3.43. The van der Waals surface area contributed by atoms with Crippen molar-refractivity contribution >= 4 is 5.69 Å². The first-order valence-corrected chi connectivity index (χ1v) is 6.77. The smallest absolute Gasteiger partial charge is 0.138 e. The summed E-state index contributed by atoms with van der Waals surface area (Å²) in [6.07, 6.45) is 0. The minimum absolute atomic E-state index is 0.156. The zero-order valence-electron chi connectivity index (χ0n) is 11.7. The molecule has 1 heterocycles. The summed E-state index contributed by atoms with van der Waals surface area (Å²) in [6, 6.07) is 9.70. The third-order valence-corrected chi connectivity index (χ3v) is 3.93. The summed E-state index contributed by atoms with van der Waals surface area (Å²) in [6.45, 7) is 0.709. The van der Waals surface area contributed by atoms with E-state index in [9.17, 15) is 9.50 Å². The fourth-order valence-corrected chi connectivity index (χ4v) is 2.97. The molecule has 0 radical (unpaired) electrons. The van der Waals surface area contributed by atoms with Crippen molar-refractivity contribution in [1.29, 1.82) is 0 Å². The van der Waals surface area contributed by atoms with E-state index >= 15 is 0 Å². The lowest BCUT2D eigenvalue weighted by Gasteiger charge is -2.26. The highest BCUT2D eigenvalue weighted by molar-refractivity contribution is 5.64. The molecule has 4 nitrogen and oxygen atoms in total. The number of ether oxygens (including phenoxy) is 1. The number of para-hydroxylation sites is 2. The Morgan fingerprint density at radius 3 is 2.76 bits per heavy atom. The molecular formula is C16H17FN2O2. The number of methoxy groups -OCH3 is 1. The lowest BCUT2D eigenvalue weighted by molar-refractivity contribution is 0.409. The van der Waals surface area contributed by atoms with Gasteiger partial charge in [0.15, 0.2) is 0 Å². The molecule has 3 N–H and O–H groups in total. The maximum Gasteiger partial charge on any atom is 0.138 e. The number of phenolic OH excluding ortho intramolecular Hbond substituents is 1. The molecule has 0 aliphatic carbocycles. The second kappa shape index (κ2) is 5.26. The Balaban J connectivity index is 2.12. The van der Waals surface area contributed by atoms with Gasteiger partial charge in [-0.25, -0.2) is 4.39 Å². The number of anilines is 1. The standard InChI is InChI=1S/C16H17FN2O2/c1-21-15-7-6-11(17)16-10(15)9-19(13(16)8-18)12-4-2-3-5-14(12)20/h2-7,13,20H,8-9,18H2,1H3. The SMILES string of the molecule is COc1ccc(F)c2c1CN(c1ccccc1O)C2CN. The molecule has 110 valence electrons. The predicted octanol–water partition coefficient (Wildman–Crippen LogP) is 2.56. The molecule has 0 amide bonds. The van der Waals surface area contributed by atoms with Gasteiger partial charge in [0.2, 0.25) is 0 Å². The monoisotopic (exact) mass is 288 g/mol. The number of aromatic hydroxyl groups is 1. The fraction of sp³-hybridized carbons (Fsp3) is 0.250. The minimum atomic E-state index is -0.316. The van der Waals surface area contributed by atoms with Crippen LogP contribution in [0.3, 0.4) is 0 Å². The Morgan fingerprint density at radius 2 is 2.10 bits per heavy atom. The average molecular weight is 288 g/mol. The lowest BCUT2D eigenvalue weighted by atomic mass is 10.0. The van der Waals surface area contributed by atoms with Crippen LogP contribution in [-0.2, 0) is 6.54 Å². The Hall–Kier alpha value is -2.27. The third kappa shape index (κ3) is 2.10. The molecule has 1 atom stereocenters. The molecule has 21 heavy (non-hydrogen) atoms. The number of benzene rings is 2. The largest absolute Gasteiger partial charge is 0.506 e. The van der Waals surface area contributed by atoms with Gasteiger partial charge in [-0.05, 0) is 24.3 Å². The summed E-state index contributed by atoms with van der Waals surface area (Å²) >= 11 is 0. The Morgan fingerprint density at radius 1 is 1.33 bits per heavy atom. The van der Waals surface area contributed by atoms with E-state index in [0.717, 1.165) is 5.56 Å². The number of nitrogens with two attached hydrogens (primary N) is 1. The second-order valence-corrected chi connectivity index (χ2v) is 5.01. The molecular weight excluding hydrogens is 271 g/mol. The van der Waals surface area contributed by atoms with Gasteiger partial charge in [-0.1, -0.05) is 12.1 Å². The first-order chi connectivity index (χ1) is 10.2. The van der Waals surface area contributed by atoms with Crippen LogP contribution in [0.5, 0.6) is 11.5 Å². The zero-order valence-corrected chi connectivity index (χ0v) is 11.7. The summed E-state index contributed by atoms with van der Waals surface area (Å²) in [5.41, 5.74) is 7.84. The number of rotatable bonds is 3. The van der Waals surface area contributed by atoms with E-state index in [-0.39, 0.29) is 24.2 Å².